The monoisotopic (exact) mass is 668 g/mol. The normalized spacial score (nSPS) is 15.5. The van der Waals surface area contributed by atoms with Crippen molar-refractivity contribution in [2.75, 3.05) is 0 Å². The van der Waals surface area contributed by atoms with E-state index >= 15 is 0 Å². The van der Waals surface area contributed by atoms with Crippen LogP contribution in [-0.2, 0) is 5.41 Å². The maximum atomic E-state index is 5.08. The molecule has 2 aromatic heterocycles. The fraction of sp³-hybridized carbons (Fsp3) is 0.0217. The topological polar surface area (TPSA) is 43.6 Å². The summed E-state index contributed by atoms with van der Waals surface area (Å²) in [7, 11) is 0. The van der Waals surface area contributed by atoms with E-state index in [-0.39, 0.29) is 0 Å². The largest absolute Gasteiger partial charge is 0.309 e. The predicted octanol–water partition coefficient (Wildman–Crippen LogP) is 11.1. The van der Waals surface area contributed by atoms with Gasteiger partial charge in [0.2, 0.25) is 0 Å². The lowest BCUT2D eigenvalue weighted by Gasteiger charge is -2.45. The Kier molecular flexibility index (Phi) is 6.07. The summed E-state index contributed by atoms with van der Waals surface area (Å²) in [4.78, 5) is 17.6. The molecule has 7 aromatic carbocycles. The van der Waals surface area contributed by atoms with Crippen LogP contribution in [-0.4, -0.2) is 19.5 Å². The minimum absolute atomic E-state index is 0.528. The van der Waals surface area contributed by atoms with Crippen LogP contribution >= 0.6 is 11.8 Å². The molecule has 0 aliphatic carbocycles. The van der Waals surface area contributed by atoms with E-state index in [1.165, 1.54) is 59.5 Å². The molecule has 0 N–H and O–H groups in total. The predicted molar refractivity (Wildman–Crippen MR) is 206 cm³/mol. The molecule has 238 valence electrons. The second kappa shape index (κ2) is 10.8. The van der Waals surface area contributed by atoms with Gasteiger partial charge in [0.05, 0.1) is 22.1 Å². The van der Waals surface area contributed by atoms with Crippen LogP contribution in [0.2, 0.25) is 0 Å². The van der Waals surface area contributed by atoms with Crippen LogP contribution in [0.3, 0.4) is 0 Å². The van der Waals surface area contributed by atoms with Crippen LogP contribution < -0.4 is 0 Å². The van der Waals surface area contributed by atoms with Crippen LogP contribution in [0.15, 0.2) is 180 Å². The van der Waals surface area contributed by atoms with Gasteiger partial charge >= 0.3 is 0 Å². The first-order valence-electron chi connectivity index (χ1n) is 17.2. The van der Waals surface area contributed by atoms with E-state index in [9.17, 15) is 0 Å². The number of hydrogen-bond donors (Lipinski definition) is 0. The summed E-state index contributed by atoms with van der Waals surface area (Å²) in [6.45, 7) is 0. The number of hydrogen-bond acceptors (Lipinski definition) is 4. The number of benzene rings is 7. The van der Waals surface area contributed by atoms with Gasteiger partial charge in [0.15, 0.2) is 17.5 Å². The zero-order chi connectivity index (χ0) is 33.5. The standard InChI is InChI=1S/C46H28N4S/c1-3-14-29(15-4-1)43-47-44(30-16-5-2-6-17-30)49-45(48-43)31-26-27-36-41(28-31)51-40-25-12-9-21-35(40)46(36)34-20-8-11-24-39(34)50-38-23-10-7-18-32(38)33-19-13-22-37(46)42(33)50/h1-28H. The van der Waals surface area contributed by atoms with Gasteiger partial charge in [-0.3, -0.25) is 0 Å². The van der Waals surface area contributed by atoms with Gasteiger partial charge in [-0.05, 0) is 46.5 Å². The van der Waals surface area contributed by atoms with Gasteiger partial charge in [-0.25, -0.2) is 15.0 Å². The summed E-state index contributed by atoms with van der Waals surface area (Å²) in [6, 6.07) is 60.8. The average molecular weight is 669 g/mol. The van der Waals surface area contributed by atoms with Gasteiger partial charge in [-0.2, -0.15) is 0 Å². The van der Waals surface area contributed by atoms with E-state index in [1.54, 1.807) is 0 Å². The second-order valence-corrected chi connectivity index (χ2v) is 14.3. The van der Waals surface area contributed by atoms with Gasteiger partial charge < -0.3 is 4.57 Å². The van der Waals surface area contributed by atoms with Gasteiger partial charge in [0, 0.05) is 37.3 Å². The summed E-state index contributed by atoms with van der Waals surface area (Å²) in [6.07, 6.45) is 0. The Labute approximate surface area is 299 Å². The third kappa shape index (κ3) is 4.01. The molecule has 0 fully saturated rings. The molecule has 1 spiro atoms. The molecule has 2 aliphatic rings. The summed E-state index contributed by atoms with van der Waals surface area (Å²) >= 11 is 1.83. The highest BCUT2D eigenvalue weighted by molar-refractivity contribution is 7.99. The molecule has 5 heteroatoms. The molecule has 9 aromatic rings. The lowest BCUT2D eigenvalue weighted by atomic mass is 9.62. The van der Waals surface area contributed by atoms with E-state index in [0.29, 0.717) is 17.5 Å². The molecule has 0 radical (unpaired) electrons. The summed E-state index contributed by atoms with van der Waals surface area (Å²) in [5.74, 6) is 1.98. The van der Waals surface area contributed by atoms with Crippen molar-refractivity contribution in [1.82, 2.24) is 19.5 Å². The highest BCUT2D eigenvalue weighted by atomic mass is 32.2. The van der Waals surface area contributed by atoms with Crippen molar-refractivity contribution in [2.24, 2.45) is 0 Å². The molecule has 4 nitrogen and oxygen atoms in total. The molecule has 1 unspecified atom stereocenters. The number of para-hydroxylation sites is 3. The number of rotatable bonds is 3. The van der Waals surface area contributed by atoms with E-state index in [2.05, 4.69) is 138 Å². The quantitative estimate of drug-likeness (QED) is 0.188. The molecule has 2 aliphatic heterocycles. The molecular weight excluding hydrogens is 641 g/mol. The van der Waals surface area contributed by atoms with Crippen molar-refractivity contribution in [3.05, 3.63) is 192 Å². The van der Waals surface area contributed by atoms with Crippen LogP contribution in [0.25, 0.3) is 61.7 Å². The number of fused-ring (bicyclic) bond motifs is 11. The highest BCUT2D eigenvalue weighted by Gasteiger charge is 2.49. The van der Waals surface area contributed by atoms with Gasteiger partial charge in [-0.1, -0.05) is 157 Å². The third-order valence-corrected chi connectivity index (χ3v) is 11.6. The van der Waals surface area contributed by atoms with Crippen molar-refractivity contribution in [3.63, 3.8) is 0 Å². The Hall–Kier alpha value is -6.30. The van der Waals surface area contributed by atoms with Crippen LogP contribution in [0, 0.1) is 0 Å². The van der Waals surface area contributed by atoms with Crippen LogP contribution in [0.4, 0.5) is 0 Å². The molecule has 0 saturated carbocycles. The Balaban J connectivity index is 1.20. The van der Waals surface area contributed by atoms with E-state index in [4.69, 9.17) is 15.0 Å². The fourth-order valence-corrected chi connectivity index (χ4v) is 9.64. The number of aromatic nitrogens is 4. The minimum atomic E-state index is -0.528. The van der Waals surface area contributed by atoms with Crippen LogP contribution in [0.5, 0.6) is 0 Å². The average Bonchev–Trinajstić information content (AvgIpc) is 3.55. The summed E-state index contributed by atoms with van der Waals surface area (Å²) in [5.41, 5.74) is 11.2. The van der Waals surface area contributed by atoms with Gasteiger partial charge in [0.1, 0.15) is 0 Å². The first kappa shape index (κ1) is 28.5. The Morgan fingerprint density at radius 1 is 0.412 bits per heavy atom. The Bertz CT molecular complexity index is 2790. The summed E-state index contributed by atoms with van der Waals surface area (Å²) < 4.78 is 2.49. The van der Waals surface area contributed by atoms with Crippen LogP contribution in [0.1, 0.15) is 22.3 Å². The Morgan fingerprint density at radius 3 is 1.75 bits per heavy atom. The van der Waals surface area contributed by atoms with Crippen molar-refractivity contribution in [2.45, 2.75) is 15.2 Å². The first-order chi connectivity index (χ1) is 25.3. The van der Waals surface area contributed by atoms with Crippen molar-refractivity contribution < 1.29 is 0 Å². The van der Waals surface area contributed by atoms with Crippen molar-refractivity contribution >= 4 is 33.6 Å². The maximum absolute atomic E-state index is 5.08. The van der Waals surface area contributed by atoms with E-state index in [1.807, 2.05) is 48.2 Å². The van der Waals surface area contributed by atoms with E-state index in [0.717, 1.165) is 16.7 Å². The molecule has 4 heterocycles. The van der Waals surface area contributed by atoms with Crippen molar-refractivity contribution in [1.29, 1.82) is 0 Å². The SMILES string of the molecule is c1ccc(-c2nc(-c3ccccc3)nc(-c3ccc4c(c3)Sc3ccccc3C43c4ccccc4-n4c5ccccc5c5cccc3c54)n2)cc1. The smallest absolute Gasteiger partial charge is 0.164 e. The molecular formula is C46H28N4S. The van der Waals surface area contributed by atoms with Crippen molar-refractivity contribution in [3.8, 4) is 39.9 Å². The zero-order valence-corrected chi connectivity index (χ0v) is 28.2. The van der Waals surface area contributed by atoms with Gasteiger partial charge in [-0.15, -0.1) is 0 Å². The third-order valence-electron chi connectivity index (χ3n) is 10.5. The molecule has 0 saturated heterocycles. The molecule has 51 heavy (non-hydrogen) atoms. The number of nitrogens with zero attached hydrogens (tertiary/aromatic N) is 4. The second-order valence-electron chi connectivity index (χ2n) is 13.2. The maximum Gasteiger partial charge on any atom is 0.164 e. The lowest BCUT2D eigenvalue weighted by Crippen LogP contribution is -2.37. The molecule has 1 atom stereocenters. The minimum Gasteiger partial charge on any atom is -0.309 e. The highest BCUT2D eigenvalue weighted by Crippen LogP contribution is 2.60. The Morgan fingerprint density at radius 2 is 0.980 bits per heavy atom. The lowest BCUT2D eigenvalue weighted by molar-refractivity contribution is 0.689. The molecule has 11 rings (SSSR count). The first-order valence-corrected chi connectivity index (χ1v) is 18.0. The van der Waals surface area contributed by atoms with Gasteiger partial charge in [0.25, 0.3) is 0 Å². The molecule has 0 bridgehead atoms. The van der Waals surface area contributed by atoms with E-state index < -0.39 is 5.41 Å². The summed E-state index contributed by atoms with van der Waals surface area (Å²) in [5, 5.41) is 2.55. The zero-order valence-electron chi connectivity index (χ0n) is 27.4. The fourth-order valence-electron chi connectivity index (χ4n) is 8.40. The molecule has 0 amide bonds.